The van der Waals surface area contributed by atoms with Crippen molar-refractivity contribution in [1.82, 2.24) is 5.32 Å². The largest absolute Gasteiger partial charge is 0.352 e. The third-order valence-corrected chi connectivity index (χ3v) is 4.14. The van der Waals surface area contributed by atoms with E-state index in [9.17, 15) is 14.0 Å². The fraction of sp³-hybridized carbons (Fsp3) is 0.263. The molecule has 0 bridgehead atoms. The molecule has 24 heavy (non-hydrogen) atoms. The van der Waals surface area contributed by atoms with Gasteiger partial charge in [-0.15, -0.1) is 0 Å². The molecule has 124 valence electrons. The number of benzene rings is 2. The molecule has 0 spiro atoms. The van der Waals surface area contributed by atoms with Crippen molar-refractivity contribution in [2.75, 3.05) is 5.32 Å². The molecule has 0 aromatic heterocycles. The van der Waals surface area contributed by atoms with Crippen LogP contribution in [0.2, 0.25) is 0 Å². The number of carbonyl (C=O) groups is 2. The molecule has 0 saturated heterocycles. The summed E-state index contributed by atoms with van der Waals surface area (Å²) in [5.41, 5.74) is 2.60. The summed E-state index contributed by atoms with van der Waals surface area (Å²) >= 11 is 0. The average molecular weight is 326 g/mol. The predicted molar refractivity (Wildman–Crippen MR) is 89.7 cm³/mol. The Labute approximate surface area is 140 Å². The van der Waals surface area contributed by atoms with Crippen LogP contribution in [0.15, 0.2) is 48.5 Å². The second-order valence-corrected chi connectivity index (χ2v) is 6.15. The molecule has 4 nitrogen and oxygen atoms in total. The van der Waals surface area contributed by atoms with Crippen molar-refractivity contribution in [3.8, 4) is 0 Å². The van der Waals surface area contributed by atoms with Gasteiger partial charge >= 0.3 is 0 Å². The van der Waals surface area contributed by atoms with Gasteiger partial charge in [0.05, 0.1) is 11.8 Å². The second-order valence-electron chi connectivity index (χ2n) is 6.15. The molecule has 1 saturated carbocycles. The lowest BCUT2D eigenvalue weighted by Crippen LogP contribution is -2.27. The Morgan fingerprint density at radius 2 is 1.79 bits per heavy atom. The van der Waals surface area contributed by atoms with Crippen LogP contribution in [0.3, 0.4) is 0 Å². The zero-order valence-corrected chi connectivity index (χ0v) is 13.4. The van der Waals surface area contributed by atoms with Gasteiger partial charge < -0.3 is 10.6 Å². The third kappa shape index (κ3) is 3.98. The molecule has 3 rings (SSSR count). The number of aryl methyl sites for hydroxylation is 1. The fourth-order valence-electron chi connectivity index (χ4n) is 2.60. The Hall–Kier alpha value is -2.69. The zero-order valence-electron chi connectivity index (χ0n) is 13.4. The van der Waals surface area contributed by atoms with Gasteiger partial charge in [-0.1, -0.05) is 35.9 Å². The van der Waals surface area contributed by atoms with Crippen LogP contribution in [0.4, 0.5) is 10.1 Å². The fourth-order valence-corrected chi connectivity index (χ4v) is 2.60. The van der Waals surface area contributed by atoms with Crippen LogP contribution >= 0.6 is 0 Å². The number of hydrogen-bond donors (Lipinski definition) is 2. The maximum absolute atomic E-state index is 13.1. The summed E-state index contributed by atoms with van der Waals surface area (Å²) in [5, 5.41) is 5.51. The number of carbonyl (C=O) groups excluding carboxylic acids is 2. The van der Waals surface area contributed by atoms with Gasteiger partial charge in [-0.3, -0.25) is 9.59 Å². The monoisotopic (exact) mass is 326 g/mol. The maximum atomic E-state index is 13.1. The van der Waals surface area contributed by atoms with Gasteiger partial charge in [-0.05, 0) is 37.1 Å². The minimum Gasteiger partial charge on any atom is -0.352 e. The molecule has 5 heteroatoms. The highest BCUT2D eigenvalue weighted by Crippen LogP contribution is 2.39. The first-order valence-electron chi connectivity index (χ1n) is 7.92. The average Bonchev–Trinajstić information content (AvgIpc) is 3.35. The second kappa shape index (κ2) is 6.83. The van der Waals surface area contributed by atoms with Crippen LogP contribution in [0, 0.1) is 24.6 Å². The standard InChI is InChI=1S/C19H19FN2O2/c1-12-5-7-13(8-6-12)11-21-18(23)16-10-17(16)19(24)22-15-4-2-3-14(20)9-15/h2-9,16-17H,10-11H2,1H3,(H,21,23)(H,22,24). The van der Waals surface area contributed by atoms with Crippen molar-refractivity contribution >= 4 is 17.5 Å². The third-order valence-electron chi connectivity index (χ3n) is 4.14. The number of anilines is 1. The lowest BCUT2D eigenvalue weighted by molar-refractivity contribution is -0.125. The molecule has 2 N–H and O–H groups in total. The Kier molecular flexibility index (Phi) is 4.60. The van der Waals surface area contributed by atoms with E-state index < -0.39 is 5.82 Å². The van der Waals surface area contributed by atoms with E-state index in [-0.39, 0.29) is 23.7 Å². The Balaban J connectivity index is 1.48. The zero-order chi connectivity index (χ0) is 17.1. The minimum atomic E-state index is -0.406. The molecule has 1 fully saturated rings. The van der Waals surface area contributed by atoms with Crippen LogP contribution in [-0.4, -0.2) is 11.8 Å². The Morgan fingerprint density at radius 3 is 2.50 bits per heavy atom. The number of halogens is 1. The highest BCUT2D eigenvalue weighted by Gasteiger charge is 2.47. The van der Waals surface area contributed by atoms with Gasteiger partial charge in [0.2, 0.25) is 11.8 Å². The van der Waals surface area contributed by atoms with Gasteiger partial charge in [0, 0.05) is 12.2 Å². The van der Waals surface area contributed by atoms with Crippen molar-refractivity contribution in [3.05, 3.63) is 65.5 Å². The molecule has 1 aliphatic rings. The van der Waals surface area contributed by atoms with Crippen LogP contribution < -0.4 is 10.6 Å². The topological polar surface area (TPSA) is 58.2 Å². The summed E-state index contributed by atoms with van der Waals surface area (Å²) in [5.74, 6) is -1.41. The molecule has 2 unspecified atom stereocenters. The lowest BCUT2D eigenvalue weighted by Gasteiger charge is -2.07. The first-order chi connectivity index (χ1) is 11.5. The van der Waals surface area contributed by atoms with Crippen LogP contribution in [0.25, 0.3) is 0 Å². The highest BCUT2D eigenvalue weighted by atomic mass is 19.1. The van der Waals surface area contributed by atoms with Crippen LogP contribution in [0.5, 0.6) is 0 Å². The van der Waals surface area contributed by atoms with Gasteiger partial charge in [-0.2, -0.15) is 0 Å². The van der Waals surface area contributed by atoms with E-state index in [0.29, 0.717) is 18.7 Å². The number of amides is 2. The van der Waals surface area contributed by atoms with Crippen molar-refractivity contribution in [3.63, 3.8) is 0 Å². The summed E-state index contributed by atoms with van der Waals surface area (Å²) < 4.78 is 13.1. The summed E-state index contributed by atoms with van der Waals surface area (Å²) in [6, 6.07) is 13.6. The molecule has 2 amide bonds. The first kappa shape index (κ1) is 16.2. The summed E-state index contributed by atoms with van der Waals surface area (Å²) in [4.78, 5) is 24.2. The molecule has 0 aliphatic heterocycles. The Morgan fingerprint density at radius 1 is 1.08 bits per heavy atom. The summed E-state index contributed by atoms with van der Waals surface area (Å²) in [7, 11) is 0. The molecule has 0 radical (unpaired) electrons. The van der Waals surface area contributed by atoms with Crippen molar-refractivity contribution in [2.24, 2.45) is 11.8 Å². The van der Waals surface area contributed by atoms with E-state index in [1.54, 1.807) is 6.07 Å². The molecule has 2 atom stereocenters. The molecule has 2 aromatic carbocycles. The maximum Gasteiger partial charge on any atom is 0.228 e. The Bertz CT molecular complexity index is 758. The van der Waals surface area contributed by atoms with E-state index in [1.165, 1.54) is 23.8 Å². The molecular weight excluding hydrogens is 307 g/mol. The van der Waals surface area contributed by atoms with Gasteiger partial charge in [0.25, 0.3) is 0 Å². The van der Waals surface area contributed by atoms with Gasteiger partial charge in [0.15, 0.2) is 0 Å². The first-order valence-corrected chi connectivity index (χ1v) is 7.92. The van der Waals surface area contributed by atoms with E-state index in [4.69, 9.17) is 0 Å². The number of hydrogen-bond acceptors (Lipinski definition) is 2. The molecule has 2 aromatic rings. The quantitative estimate of drug-likeness (QED) is 0.887. The minimum absolute atomic E-state index is 0.116. The predicted octanol–water partition coefficient (Wildman–Crippen LogP) is 3.03. The highest BCUT2D eigenvalue weighted by molar-refractivity contribution is 5.99. The molecule has 1 aliphatic carbocycles. The summed E-state index contributed by atoms with van der Waals surface area (Å²) in [6.45, 7) is 2.46. The van der Waals surface area contributed by atoms with Gasteiger partial charge in [-0.25, -0.2) is 4.39 Å². The lowest BCUT2D eigenvalue weighted by atomic mass is 10.1. The van der Waals surface area contributed by atoms with E-state index in [2.05, 4.69) is 10.6 Å². The van der Waals surface area contributed by atoms with Crippen molar-refractivity contribution < 1.29 is 14.0 Å². The number of rotatable bonds is 5. The normalized spacial score (nSPS) is 18.8. The summed E-state index contributed by atoms with van der Waals surface area (Å²) in [6.07, 6.45) is 0.529. The van der Waals surface area contributed by atoms with Crippen molar-refractivity contribution in [1.29, 1.82) is 0 Å². The van der Waals surface area contributed by atoms with Crippen molar-refractivity contribution in [2.45, 2.75) is 19.9 Å². The van der Waals surface area contributed by atoms with E-state index >= 15 is 0 Å². The van der Waals surface area contributed by atoms with Crippen LogP contribution in [-0.2, 0) is 16.1 Å². The molecular formula is C19H19FN2O2. The van der Waals surface area contributed by atoms with Crippen LogP contribution in [0.1, 0.15) is 17.5 Å². The smallest absolute Gasteiger partial charge is 0.228 e. The van der Waals surface area contributed by atoms with E-state index in [1.807, 2.05) is 31.2 Å². The number of nitrogens with one attached hydrogen (secondary N) is 2. The SMILES string of the molecule is Cc1ccc(CNC(=O)C2CC2C(=O)Nc2cccc(F)c2)cc1. The van der Waals surface area contributed by atoms with Gasteiger partial charge in [0.1, 0.15) is 5.82 Å². The van der Waals surface area contributed by atoms with E-state index in [0.717, 1.165) is 5.56 Å². The molecule has 0 heterocycles.